The maximum atomic E-state index is 12.2. The molecule has 0 aromatic rings. The number of aliphatic carboxylic acids is 1. The molecule has 2 atom stereocenters. The van der Waals surface area contributed by atoms with E-state index >= 15 is 0 Å². The summed E-state index contributed by atoms with van der Waals surface area (Å²) in [5.41, 5.74) is 0. The van der Waals surface area contributed by atoms with E-state index < -0.39 is 12.0 Å². The van der Waals surface area contributed by atoms with Crippen LogP contribution < -0.4 is 5.32 Å². The van der Waals surface area contributed by atoms with E-state index in [-0.39, 0.29) is 30.2 Å². The van der Waals surface area contributed by atoms with Gasteiger partial charge in [0, 0.05) is 6.04 Å². The van der Waals surface area contributed by atoms with Crippen molar-refractivity contribution in [3.8, 4) is 25.7 Å². The van der Waals surface area contributed by atoms with Gasteiger partial charge in [-0.3, -0.25) is 14.4 Å². The number of likely N-dealkylation sites (tertiary alicyclic amines) is 1. The van der Waals surface area contributed by atoms with E-state index in [0.29, 0.717) is 6.42 Å². The van der Waals surface area contributed by atoms with Gasteiger partial charge in [-0.05, 0) is 32.1 Å². The van der Waals surface area contributed by atoms with E-state index in [0.717, 1.165) is 18.8 Å². The van der Waals surface area contributed by atoms with E-state index in [4.69, 9.17) is 5.11 Å². The van der Waals surface area contributed by atoms with Crippen molar-refractivity contribution in [1.29, 1.82) is 0 Å². The van der Waals surface area contributed by atoms with Gasteiger partial charge in [-0.15, -0.1) is 25.7 Å². The number of nitrogens with one attached hydrogen (secondary N) is 1. The summed E-state index contributed by atoms with van der Waals surface area (Å²) >= 11 is 3.84. The van der Waals surface area contributed by atoms with E-state index in [1.165, 1.54) is 37.0 Å². The molecular formula is C22H36N2O4S. The molecule has 7 heteroatoms. The summed E-state index contributed by atoms with van der Waals surface area (Å²) in [7, 11) is 0. The molecule has 2 rings (SSSR count). The molecule has 2 amide bonds. The van der Waals surface area contributed by atoms with Crippen LogP contribution in [0.4, 0.5) is 0 Å². The van der Waals surface area contributed by atoms with Crippen molar-refractivity contribution in [3.05, 3.63) is 0 Å². The van der Waals surface area contributed by atoms with Gasteiger partial charge in [0.15, 0.2) is 0 Å². The number of carbonyl (C=O) groups is 3. The summed E-state index contributed by atoms with van der Waals surface area (Å²) in [4.78, 5) is 35.5. The molecule has 1 saturated carbocycles. The van der Waals surface area contributed by atoms with Gasteiger partial charge in [-0.2, -0.15) is 12.6 Å². The Morgan fingerprint density at radius 2 is 1.59 bits per heavy atom. The second-order valence-electron chi connectivity index (χ2n) is 7.16. The summed E-state index contributed by atoms with van der Waals surface area (Å²) in [6.45, 7) is 3.86. The quantitative estimate of drug-likeness (QED) is 0.478. The van der Waals surface area contributed by atoms with Crippen LogP contribution in [0.3, 0.4) is 0 Å². The van der Waals surface area contributed by atoms with Crippen molar-refractivity contribution in [2.45, 2.75) is 77.3 Å². The molecule has 6 nitrogen and oxygen atoms in total. The van der Waals surface area contributed by atoms with Crippen molar-refractivity contribution >= 4 is 30.4 Å². The maximum absolute atomic E-state index is 12.2. The molecule has 1 aliphatic carbocycles. The number of hydrogen-bond donors (Lipinski definition) is 3. The molecule has 0 spiro atoms. The van der Waals surface area contributed by atoms with Crippen molar-refractivity contribution in [1.82, 2.24) is 10.2 Å². The minimum atomic E-state index is -1.05. The van der Waals surface area contributed by atoms with Crippen LogP contribution in [0.2, 0.25) is 0 Å². The van der Waals surface area contributed by atoms with Gasteiger partial charge in [0.25, 0.3) is 0 Å². The first-order valence-corrected chi connectivity index (χ1v) is 10.6. The fraction of sp³-hybridized carbons (Fsp3) is 0.682. The third-order valence-electron chi connectivity index (χ3n) is 4.91. The van der Waals surface area contributed by atoms with E-state index in [9.17, 15) is 14.4 Å². The molecule has 29 heavy (non-hydrogen) atoms. The smallest absolute Gasteiger partial charge is 0.323 e. The van der Waals surface area contributed by atoms with Crippen LogP contribution >= 0.6 is 12.6 Å². The normalized spacial score (nSPS) is 21.5. The highest BCUT2D eigenvalue weighted by molar-refractivity contribution is 7.81. The highest BCUT2D eigenvalue weighted by atomic mass is 32.1. The second kappa shape index (κ2) is 17.9. The summed E-state index contributed by atoms with van der Waals surface area (Å²) < 4.78 is 0. The Hall–Kier alpha value is -2.12. The fourth-order valence-corrected chi connectivity index (χ4v) is 3.47. The first-order chi connectivity index (χ1) is 13.8. The third kappa shape index (κ3) is 12.9. The monoisotopic (exact) mass is 424 g/mol. The lowest BCUT2D eigenvalue weighted by Crippen LogP contribution is -2.51. The average molecular weight is 425 g/mol. The number of nitrogens with zero attached hydrogens (tertiary/aromatic N) is 1. The lowest BCUT2D eigenvalue weighted by Gasteiger charge is -2.28. The molecule has 0 unspecified atom stereocenters. The number of amides is 2. The molecule has 0 bridgehead atoms. The molecule has 2 N–H and O–H groups in total. The molecule has 1 saturated heterocycles. The minimum absolute atomic E-state index is 0.0122. The molecular weight excluding hydrogens is 388 g/mol. The van der Waals surface area contributed by atoms with Crippen molar-refractivity contribution < 1.29 is 19.5 Å². The molecule has 164 valence electrons. The van der Waals surface area contributed by atoms with Crippen LogP contribution in [0.5, 0.6) is 0 Å². The highest BCUT2D eigenvalue weighted by Gasteiger charge is 2.32. The van der Waals surface area contributed by atoms with Gasteiger partial charge in [0.2, 0.25) is 11.8 Å². The van der Waals surface area contributed by atoms with Gasteiger partial charge in [0.05, 0.1) is 5.75 Å². The van der Waals surface area contributed by atoms with Crippen LogP contribution in [-0.2, 0) is 14.4 Å². The van der Waals surface area contributed by atoms with Crippen LogP contribution in [0, 0.1) is 31.6 Å². The predicted molar refractivity (Wildman–Crippen MR) is 120 cm³/mol. The lowest BCUT2D eigenvalue weighted by molar-refractivity contribution is -0.146. The van der Waals surface area contributed by atoms with E-state index in [1.54, 1.807) is 0 Å². The van der Waals surface area contributed by atoms with Gasteiger partial charge in [-0.25, -0.2) is 0 Å². The molecule has 0 aromatic heterocycles. The van der Waals surface area contributed by atoms with Crippen molar-refractivity contribution in [3.63, 3.8) is 0 Å². The number of hydrogen-bond acceptors (Lipinski definition) is 4. The zero-order chi connectivity index (χ0) is 22.8. The zero-order valence-corrected chi connectivity index (χ0v) is 18.6. The molecule has 0 aromatic carbocycles. The third-order valence-corrected chi connectivity index (χ3v) is 5.19. The number of terminal acetylenes is 2. The number of thiol groups is 1. The van der Waals surface area contributed by atoms with Gasteiger partial charge < -0.3 is 15.3 Å². The number of carbonyl (C=O) groups excluding carboxylic acids is 2. The van der Waals surface area contributed by atoms with Gasteiger partial charge >= 0.3 is 5.97 Å². The van der Waals surface area contributed by atoms with Gasteiger partial charge in [-0.1, -0.05) is 39.0 Å². The Kier molecular flexibility index (Phi) is 18.0. The number of carboxylic acid groups (broad SMARTS) is 1. The van der Waals surface area contributed by atoms with E-state index in [1.807, 2.05) is 6.92 Å². The summed E-state index contributed by atoms with van der Waals surface area (Å²) in [5, 5.41) is 11.4. The van der Waals surface area contributed by atoms with Crippen LogP contribution in [-0.4, -0.2) is 52.2 Å². The first-order valence-electron chi connectivity index (χ1n) is 9.94. The molecule has 1 aliphatic heterocycles. The molecule has 1 heterocycles. The summed E-state index contributed by atoms with van der Waals surface area (Å²) in [6, 6.07) is -0.750. The molecule has 2 aliphatic rings. The Balaban J connectivity index is 0. The fourth-order valence-electron chi connectivity index (χ4n) is 3.37. The number of rotatable bonds is 4. The standard InChI is InChI=1S/C11H18N2O4S.C7H14.2C2H2/c1-7-3-2-4-8(12-9(14)6-18)11(17)13(7)5-10(15)16;1-7-5-3-2-4-6-7;2*1-2/h7-8,18H,2-6H2,1H3,(H,12,14)(H,15,16);7H,2-6H2,1H3;2*1-2H/t7-,8+;;;/m1.../s1. The van der Waals surface area contributed by atoms with E-state index in [2.05, 4.69) is 50.6 Å². The highest BCUT2D eigenvalue weighted by Crippen LogP contribution is 2.22. The Morgan fingerprint density at radius 1 is 1.03 bits per heavy atom. The molecule has 0 radical (unpaired) electrons. The second-order valence-corrected chi connectivity index (χ2v) is 7.48. The van der Waals surface area contributed by atoms with Crippen LogP contribution in [0.15, 0.2) is 0 Å². The molecule has 2 fully saturated rings. The SMILES string of the molecule is C#C.C#C.CC1CCCCC1.C[C@@H]1CCC[C@H](NC(=O)CS)C(=O)N1CC(=O)O. The minimum Gasteiger partial charge on any atom is -0.480 e. The van der Waals surface area contributed by atoms with Crippen LogP contribution in [0.1, 0.15) is 65.2 Å². The summed E-state index contributed by atoms with van der Waals surface area (Å²) in [5.74, 6) is -0.637. The van der Waals surface area contributed by atoms with Crippen molar-refractivity contribution in [2.75, 3.05) is 12.3 Å². The largest absolute Gasteiger partial charge is 0.480 e. The maximum Gasteiger partial charge on any atom is 0.323 e. The Labute approximate surface area is 181 Å². The lowest BCUT2D eigenvalue weighted by atomic mass is 9.91. The van der Waals surface area contributed by atoms with Crippen LogP contribution in [0.25, 0.3) is 0 Å². The average Bonchev–Trinajstić information content (AvgIpc) is 2.85. The zero-order valence-electron chi connectivity index (χ0n) is 17.7. The topological polar surface area (TPSA) is 86.7 Å². The summed E-state index contributed by atoms with van der Waals surface area (Å²) in [6.07, 6.45) is 25.5. The van der Waals surface area contributed by atoms with Crippen molar-refractivity contribution in [2.24, 2.45) is 5.92 Å². The number of carboxylic acids is 1. The predicted octanol–water partition coefficient (Wildman–Crippen LogP) is 2.97. The van der Waals surface area contributed by atoms with Gasteiger partial charge in [0.1, 0.15) is 12.6 Å². The Bertz CT molecular complexity index is 521. The Morgan fingerprint density at radius 3 is 2.00 bits per heavy atom. The first kappa shape index (κ1) is 29.1.